The molecule has 41 heavy (non-hydrogen) atoms. The molecule has 4 rings (SSSR count). The van der Waals surface area contributed by atoms with Gasteiger partial charge in [-0.2, -0.15) is 0 Å². The van der Waals surface area contributed by atoms with Crippen molar-refractivity contribution in [3.63, 3.8) is 0 Å². The average Bonchev–Trinajstić information content (AvgIpc) is 3.01. The van der Waals surface area contributed by atoms with Gasteiger partial charge in [0.15, 0.2) is 0 Å². The lowest BCUT2D eigenvalue weighted by molar-refractivity contribution is -0.114. The first-order valence-corrected chi connectivity index (χ1v) is 13.6. The topological polar surface area (TPSA) is 106 Å². The number of benzene rings is 4. The monoisotopic (exact) mass is 567 g/mol. The van der Waals surface area contributed by atoms with E-state index in [1.807, 2.05) is 42.5 Å². The van der Waals surface area contributed by atoms with Gasteiger partial charge in [-0.3, -0.25) is 14.4 Å². The molecule has 3 amide bonds. The van der Waals surface area contributed by atoms with Gasteiger partial charge in [-0.25, -0.2) is 0 Å². The second-order valence-electron chi connectivity index (χ2n) is 8.64. The van der Waals surface area contributed by atoms with Gasteiger partial charge in [-0.1, -0.05) is 48.5 Å². The summed E-state index contributed by atoms with van der Waals surface area (Å²) < 4.78 is 10.7. The molecule has 0 aliphatic rings. The van der Waals surface area contributed by atoms with E-state index in [0.29, 0.717) is 34.0 Å². The average molecular weight is 568 g/mol. The van der Waals surface area contributed by atoms with Crippen LogP contribution in [0.4, 0.5) is 11.4 Å². The van der Waals surface area contributed by atoms with Crippen LogP contribution in [0.25, 0.3) is 6.08 Å². The number of carbonyl (C=O) groups is 3. The Kier molecular flexibility index (Phi) is 10.2. The fourth-order valence-electron chi connectivity index (χ4n) is 3.80. The van der Waals surface area contributed by atoms with Gasteiger partial charge < -0.3 is 25.4 Å². The maximum Gasteiger partial charge on any atom is 0.272 e. The molecule has 0 atom stereocenters. The second-order valence-corrected chi connectivity index (χ2v) is 9.68. The quantitative estimate of drug-likeness (QED) is 0.155. The number of anilines is 2. The van der Waals surface area contributed by atoms with Gasteiger partial charge in [0.05, 0.1) is 25.7 Å². The largest absolute Gasteiger partial charge is 0.496 e. The Balaban J connectivity index is 1.43. The zero-order valence-corrected chi connectivity index (χ0v) is 23.4. The molecule has 0 heterocycles. The SMILES string of the molecule is COc1ccccc1/C=C(\NC(=O)c1ccccc1)C(=O)Nc1ccc(SCC(=O)Nc2ccccc2OC)cc1. The predicted octanol–water partition coefficient (Wildman–Crippen LogP) is 5.84. The van der Waals surface area contributed by atoms with Crippen molar-refractivity contribution in [2.45, 2.75) is 4.90 Å². The maximum absolute atomic E-state index is 13.3. The Labute approximate surface area is 242 Å². The lowest BCUT2D eigenvalue weighted by Crippen LogP contribution is -2.30. The first-order valence-electron chi connectivity index (χ1n) is 12.6. The highest BCUT2D eigenvalue weighted by atomic mass is 32.2. The Morgan fingerprint density at radius 3 is 2.07 bits per heavy atom. The molecular weight excluding hydrogens is 538 g/mol. The molecule has 208 valence electrons. The highest BCUT2D eigenvalue weighted by molar-refractivity contribution is 8.00. The lowest BCUT2D eigenvalue weighted by atomic mass is 10.1. The Bertz CT molecular complexity index is 1540. The van der Waals surface area contributed by atoms with Crippen LogP contribution >= 0.6 is 11.8 Å². The number of carbonyl (C=O) groups excluding carboxylic acids is 3. The predicted molar refractivity (Wildman–Crippen MR) is 162 cm³/mol. The second kappa shape index (κ2) is 14.4. The van der Waals surface area contributed by atoms with E-state index in [2.05, 4.69) is 16.0 Å². The molecule has 0 saturated heterocycles. The number of ether oxygens (including phenoxy) is 2. The van der Waals surface area contributed by atoms with Crippen LogP contribution in [0.5, 0.6) is 11.5 Å². The number of hydrogen-bond donors (Lipinski definition) is 3. The van der Waals surface area contributed by atoms with Crippen molar-refractivity contribution in [3.8, 4) is 11.5 Å². The van der Waals surface area contributed by atoms with E-state index < -0.39 is 11.8 Å². The number of methoxy groups -OCH3 is 2. The van der Waals surface area contributed by atoms with Crippen molar-refractivity contribution in [2.24, 2.45) is 0 Å². The normalized spacial score (nSPS) is 10.8. The van der Waals surface area contributed by atoms with Crippen molar-refractivity contribution in [1.82, 2.24) is 5.32 Å². The summed E-state index contributed by atoms with van der Waals surface area (Å²) in [6.07, 6.45) is 1.57. The van der Waals surface area contributed by atoms with Gasteiger partial charge >= 0.3 is 0 Å². The summed E-state index contributed by atoms with van der Waals surface area (Å²) in [7, 11) is 3.09. The Morgan fingerprint density at radius 1 is 0.732 bits per heavy atom. The standard InChI is InChI=1S/C32H29N3O5S/c1-39-28-14-8-6-12-23(28)20-27(35-31(37)22-10-4-3-5-11-22)32(38)33-24-16-18-25(19-17-24)41-21-30(36)34-26-13-7-9-15-29(26)40-2/h3-20H,21H2,1-2H3,(H,33,38)(H,34,36)(H,35,37)/b27-20-. The molecule has 9 heteroatoms. The molecule has 0 spiro atoms. The molecule has 0 fully saturated rings. The third-order valence-corrected chi connectivity index (χ3v) is 6.84. The summed E-state index contributed by atoms with van der Waals surface area (Å²) in [6.45, 7) is 0. The van der Waals surface area contributed by atoms with Crippen LogP contribution in [0.2, 0.25) is 0 Å². The van der Waals surface area contributed by atoms with Crippen LogP contribution in [-0.2, 0) is 9.59 Å². The number of nitrogens with one attached hydrogen (secondary N) is 3. The molecule has 0 unspecified atom stereocenters. The Morgan fingerprint density at radius 2 is 1.37 bits per heavy atom. The summed E-state index contributed by atoms with van der Waals surface area (Å²) >= 11 is 1.36. The van der Waals surface area contributed by atoms with Crippen molar-refractivity contribution < 1.29 is 23.9 Å². The molecule has 0 aliphatic carbocycles. The molecule has 0 saturated carbocycles. The third kappa shape index (κ3) is 8.23. The highest BCUT2D eigenvalue weighted by Crippen LogP contribution is 2.25. The van der Waals surface area contributed by atoms with E-state index >= 15 is 0 Å². The van der Waals surface area contributed by atoms with Gasteiger partial charge in [0, 0.05) is 21.7 Å². The summed E-state index contributed by atoms with van der Waals surface area (Å²) in [5.41, 5.74) is 2.23. The maximum atomic E-state index is 13.3. The number of hydrogen-bond acceptors (Lipinski definition) is 6. The summed E-state index contributed by atoms with van der Waals surface area (Å²) in [5, 5.41) is 8.40. The number of rotatable bonds is 11. The molecule has 0 aromatic heterocycles. The van der Waals surface area contributed by atoms with E-state index in [1.54, 1.807) is 73.8 Å². The third-order valence-electron chi connectivity index (χ3n) is 5.83. The smallest absolute Gasteiger partial charge is 0.272 e. The summed E-state index contributed by atoms with van der Waals surface area (Å²) in [6, 6.07) is 30.1. The van der Waals surface area contributed by atoms with Crippen LogP contribution in [0, 0.1) is 0 Å². The van der Waals surface area contributed by atoms with Crippen molar-refractivity contribution in [3.05, 3.63) is 120 Å². The number of para-hydroxylation sites is 3. The minimum atomic E-state index is -0.503. The van der Waals surface area contributed by atoms with Gasteiger partial charge in [-0.05, 0) is 60.7 Å². The van der Waals surface area contributed by atoms with E-state index in [4.69, 9.17) is 9.47 Å². The molecule has 4 aromatic rings. The van der Waals surface area contributed by atoms with Crippen LogP contribution in [0.15, 0.2) is 114 Å². The van der Waals surface area contributed by atoms with Crippen LogP contribution in [0.1, 0.15) is 15.9 Å². The molecule has 3 N–H and O–H groups in total. The summed E-state index contributed by atoms with van der Waals surface area (Å²) in [4.78, 5) is 39.5. The molecular formula is C32H29N3O5S. The fraction of sp³-hybridized carbons (Fsp3) is 0.0938. The van der Waals surface area contributed by atoms with Crippen molar-refractivity contribution >= 4 is 46.9 Å². The zero-order valence-electron chi connectivity index (χ0n) is 22.5. The minimum absolute atomic E-state index is 0.0508. The molecule has 0 aliphatic heterocycles. The van der Waals surface area contributed by atoms with Gasteiger partial charge in [0.1, 0.15) is 17.2 Å². The molecule has 0 radical (unpaired) electrons. The van der Waals surface area contributed by atoms with Crippen LogP contribution in [-0.4, -0.2) is 37.7 Å². The van der Waals surface area contributed by atoms with Crippen molar-refractivity contribution in [1.29, 1.82) is 0 Å². The van der Waals surface area contributed by atoms with Crippen LogP contribution < -0.4 is 25.4 Å². The molecule has 8 nitrogen and oxygen atoms in total. The lowest BCUT2D eigenvalue weighted by Gasteiger charge is -2.13. The summed E-state index contributed by atoms with van der Waals surface area (Å²) in [5.74, 6) is 0.253. The van der Waals surface area contributed by atoms with E-state index in [-0.39, 0.29) is 17.4 Å². The van der Waals surface area contributed by atoms with Gasteiger partial charge in [-0.15, -0.1) is 11.8 Å². The molecule has 4 aromatic carbocycles. The van der Waals surface area contributed by atoms with Crippen molar-refractivity contribution in [2.75, 3.05) is 30.6 Å². The Hall–Kier alpha value is -5.02. The van der Waals surface area contributed by atoms with Gasteiger partial charge in [0.25, 0.3) is 11.8 Å². The number of thioether (sulfide) groups is 1. The fourth-order valence-corrected chi connectivity index (χ4v) is 4.50. The van der Waals surface area contributed by atoms with E-state index in [0.717, 1.165) is 4.90 Å². The molecule has 0 bridgehead atoms. The van der Waals surface area contributed by atoms with E-state index in [9.17, 15) is 14.4 Å². The highest BCUT2D eigenvalue weighted by Gasteiger charge is 2.16. The van der Waals surface area contributed by atoms with E-state index in [1.165, 1.54) is 18.9 Å². The minimum Gasteiger partial charge on any atom is -0.496 e. The number of amides is 3. The zero-order chi connectivity index (χ0) is 29.0. The van der Waals surface area contributed by atoms with Crippen LogP contribution in [0.3, 0.4) is 0 Å². The first kappa shape index (κ1) is 29.0. The van der Waals surface area contributed by atoms with Gasteiger partial charge in [0.2, 0.25) is 5.91 Å². The first-order chi connectivity index (χ1) is 20.0.